The van der Waals surface area contributed by atoms with Gasteiger partial charge in [-0.15, -0.1) is 0 Å². The van der Waals surface area contributed by atoms with E-state index in [2.05, 4.69) is 36.4 Å². The van der Waals surface area contributed by atoms with Crippen LogP contribution >= 0.6 is 0 Å². The van der Waals surface area contributed by atoms with E-state index in [9.17, 15) is 0 Å². The molecule has 0 aliphatic carbocycles. The highest BCUT2D eigenvalue weighted by Crippen LogP contribution is 2.10. The summed E-state index contributed by atoms with van der Waals surface area (Å²) in [5, 5.41) is 3.42. The molecule has 0 aliphatic rings. The highest BCUT2D eigenvalue weighted by molar-refractivity contribution is 5.03. The van der Waals surface area contributed by atoms with Crippen molar-refractivity contribution in [2.24, 2.45) is 0 Å². The van der Waals surface area contributed by atoms with Gasteiger partial charge >= 0.3 is 0 Å². The van der Waals surface area contributed by atoms with Gasteiger partial charge in [-0.3, -0.25) is 4.98 Å². The second-order valence-corrected chi connectivity index (χ2v) is 4.69. The van der Waals surface area contributed by atoms with Crippen molar-refractivity contribution in [2.75, 3.05) is 7.05 Å². The van der Waals surface area contributed by atoms with Crippen LogP contribution in [-0.4, -0.2) is 18.1 Å². The van der Waals surface area contributed by atoms with Crippen molar-refractivity contribution in [2.45, 2.75) is 57.9 Å². The molecule has 0 aromatic carbocycles. The average molecular weight is 234 g/mol. The lowest BCUT2D eigenvalue weighted by Gasteiger charge is -2.15. The molecule has 0 amide bonds. The van der Waals surface area contributed by atoms with Crippen LogP contribution in [0.1, 0.15) is 51.1 Å². The van der Waals surface area contributed by atoms with Crippen molar-refractivity contribution >= 4 is 0 Å². The summed E-state index contributed by atoms with van der Waals surface area (Å²) in [5.41, 5.74) is 1.21. The van der Waals surface area contributed by atoms with E-state index < -0.39 is 0 Å². The van der Waals surface area contributed by atoms with Crippen LogP contribution in [0.15, 0.2) is 24.4 Å². The van der Waals surface area contributed by atoms with E-state index in [-0.39, 0.29) is 0 Å². The number of hydrogen-bond donors (Lipinski definition) is 1. The van der Waals surface area contributed by atoms with Gasteiger partial charge in [0.2, 0.25) is 0 Å². The molecule has 1 heterocycles. The monoisotopic (exact) mass is 234 g/mol. The molecule has 1 aromatic rings. The number of nitrogens with one attached hydrogen (secondary N) is 1. The van der Waals surface area contributed by atoms with Crippen molar-refractivity contribution in [1.29, 1.82) is 0 Å². The van der Waals surface area contributed by atoms with Gasteiger partial charge in [0.25, 0.3) is 0 Å². The Morgan fingerprint density at radius 2 is 2.06 bits per heavy atom. The van der Waals surface area contributed by atoms with Crippen molar-refractivity contribution in [1.82, 2.24) is 10.3 Å². The maximum atomic E-state index is 4.37. The number of rotatable bonds is 9. The summed E-state index contributed by atoms with van der Waals surface area (Å²) in [6.45, 7) is 2.26. The molecule has 2 heteroatoms. The van der Waals surface area contributed by atoms with Crippen LogP contribution in [0, 0.1) is 0 Å². The fourth-order valence-corrected chi connectivity index (χ4v) is 2.12. The van der Waals surface area contributed by atoms with E-state index in [0.29, 0.717) is 6.04 Å². The van der Waals surface area contributed by atoms with Gasteiger partial charge in [0.05, 0.1) is 0 Å². The number of aryl methyl sites for hydroxylation is 1. The number of hydrogen-bond acceptors (Lipinski definition) is 2. The Balaban J connectivity index is 2.18. The molecular formula is C15H26N2. The lowest BCUT2D eigenvalue weighted by Crippen LogP contribution is -2.25. The van der Waals surface area contributed by atoms with E-state index in [4.69, 9.17) is 0 Å². The van der Waals surface area contributed by atoms with Gasteiger partial charge in [0, 0.05) is 17.9 Å². The van der Waals surface area contributed by atoms with Gasteiger partial charge in [0.1, 0.15) is 0 Å². The third-order valence-electron chi connectivity index (χ3n) is 3.29. The first-order valence-corrected chi connectivity index (χ1v) is 6.94. The first-order chi connectivity index (χ1) is 8.36. The van der Waals surface area contributed by atoms with Crippen LogP contribution < -0.4 is 5.32 Å². The van der Waals surface area contributed by atoms with E-state index >= 15 is 0 Å². The zero-order valence-electron chi connectivity index (χ0n) is 11.3. The van der Waals surface area contributed by atoms with Gasteiger partial charge in [-0.2, -0.15) is 0 Å². The quantitative estimate of drug-likeness (QED) is 0.661. The molecule has 0 saturated heterocycles. The van der Waals surface area contributed by atoms with Crippen molar-refractivity contribution in [3.05, 3.63) is 30.1 Å². The molecule has 1 N–H and O–H groups in total. The number of unbranched alkanes of at least 4 members (excludes halogenated alkanes) is 3. The van der Waals surface area contributed by atoms with Gasteiger partial charge < -0.3 is 5.32 Å². The van der Waals surface area contributed by atoms with E-state index in [0.717, 1.165) is 6.42 Å². The van der Waals surface area contributed by atoms with Crippen LogP contribution in [-0.2, 0) is 6.42 Å². The Morgan fingerprint density at radius 3 is 2.71 bits per heavy atom. The van der Waals surface area contributed by atoms with Crippen molar-refractivity contribution in [3.8, 4) is 0 Å². The molecule has 0 fully saturated rings. The maximum absolute atomic E-state index is 4.37. The lowest BCUT2D eigenvalue weighted by atomic mass is 10.0. The zero-order valence-corrected chi connectivity index (χ0v) is 11.3. The predicted molar refractivity (Wildman–Crippen MR) is 74.2 cm³/mol. The summed E-state index contributed by atoms with van der Waals surface area (Å²) in [6, 6.07) is 6.81. The molecule has 0 bridgehead atoms. The Bertz CT molecular complexity index is 272. The number of pyridine rings is 1. The second-order valence-electron chi connectivity index (χ2n) is 4.69. The Kier molecular flexibility index (Phi) is 7.65. The summed E-state index contributed by atoms with van der Waals surface area (Å²) in [4.78, 5) is 4.37. The molecule has 0 aliphatic heterocycles. The highest BCUT2D eigenvalue weighted by atomic mass is 14.9. The minimum Gasteiger partial charge on any atom is -0.317 e. The van der Waals surface area contributed by atoms with Crippen LogP contribution in [0.5, 0.6) is 0 Å². The highest BCUT2D eigenvalue weighted by Gasteiger charge is 2.06. The van der Waals surface area contributed by atoms with Crippen LogP contribution in [0.2, 0.25) is 0 Å². The molecular weight excluding hydrogens is 208 g/mol. The molecule has 1 unspecified atom stereocenters. The largest absolute Gasteiger partial charge is 0.317 e. The first-order valence-electron chi connectivity index (χ1n) is 6.94. The van der Waals surface area contributed by atoms with Crippen LogP contribution in [0.4, 0.5) is 0 Å². The summed E-state index contributed by atoms with van der Waals surface area (Å²) in [7, 11) is 2.07. The van der Waals surface area contributed by atoms with Crippen molar-refractivity contribution in [3.63, 3.8) is 0 Å². The third kappa shape index (κ3) is 6.42. The molecule has 1 atom stereocenters. The minimum atomic E-state index is 0.647. The molecule has 96 valence electrons. The Labute approximate surface area is 106 Å². The summed E-state index contributed by atoms with van der Waals surface area (Å²) < 4.78 is 0. The summed E-state index contributed by atoms with van der Waals surface area (Å²) in [5.74, 6) is 0. The summed E-state index contributed by atoms with van der Waals surface area (Å²) in [6.07, 6.45) is 10.9. The smallest absolute Gasteiger partial charge is 0.0404 e. The Hall–Kier alpha value is -0.890. The molecule has 0 saturated carbocycles. The lowest BCUT2D eigenvalue weighted by molar-refractivity contribution is 0.460. The second kappa shape index (κ2) is 9.17. The third-order valence-corrected chi connectivity index (χ3v) is 3.29. The zero-order chi connectivity index (χ0) is 12.3. The molecule has 0 radical (unpaired) electrons. The molecule has 17 heavy (non-hydrogen) atoms. The normalized spacial score (nSPS) is 12.6. The number of nitrogens with zero attached hydrogens (tertiary/aromatic N) is 1. The Morgan fingerprint density at radius 1 is 1.18 bits per heavy atom. The fourth-order valence-electron chi connectivity index (χ4n) is 2.12. The number of aromatic nitrogens is 1. The SMILES string of the molecule is CCCCCCC(CCc1ccccn1)NC. The van der Waals surface area contributed by atoms with Gasteiger partial charge in [0.15, 0.2) is 0 Å². The van der Waals surface area contributed by atoms with Gasteiger partial charge in [-0.25, -0.2) is 0 Å². The van der Waals surface area contributed by atoms with E-state index in [1.165, 1.54) is 44.2 Å². The van der Waals surface area contributed by atoms with Gasteiger partial charge in [-0.1, -0.05) is 38.7 Å². The fraction of sp³-hybridized carbons (Fsp3) is 0.667. The van der Waals surface area contributed by atoms with Crippen LogP contribution in [0.3, 0.4) is 0 Å². The molecule has 1 aromatic heterocycles. The van der Waals surface area contributed by atoms with Gasteiger partial charge in [-0.05, 0) is 38.4 Å². The minimum absolute atomic E-state index is 0.647. The van der Waals surface area contributed by atoms with Crippen molar-refractivity contribution < 1.29 is 0 Å². The van der Waals surface area contributed by atoms with Crippen LogP contribution in [0.25, 0.3) is 0 Å². The standard InChI is InChI=1S/C15H26N2/c1-3-4-5-6-9-14(16-2)11-12-15-10-7-8-13-17-15/h7-8,10,13-14,16H,3-6,9,11-12H2,1-2H3. The molecule has 0 spiro atoms. The maximum Gasteiger partial charge on any atom is 0.0404 e. The molecule has 2 nitrogen and oxygen atoms in total. The topological polar surface area (TPSA) is 24.9 Å². The first kappa shape index (κ1) is 14.2. The van der Waals surface area contributed by atoms with E-state index in [1.807, 2.05) is 12.3 Å². The van der Waals surface area contributed by atoms with E-state index in [1.54, 1.807) is 0 Å². The molecule has 1 rings (SSSR count). The average Bonchev–Trinajstić information content (AvgIpc) is 2.39. The predicted octanol–water partition coefficient (Wildman–Crippen LogP) is 3.57. The summed E-state index contributed by atoms with van der Waals surface area (Å²) >= 11 is 0.